The molecule has 0 spiro atoms. The Morgan fingerprint density at radius 3 is 1.12 bits per heavy atom. The van der Waals surface area contributed by atoms with Crippen molar-refractivity contribution in [3.8, 4) is 0 Å². The molecule has 0 aromatic carbocycles. The number of ether oxygens (including phenoxy) is 3. The highest BCUT2D eigenvalue weighted by atomic mass is 16.6. The lowest BCUT2D eigenvalue weighted by atomic mass is 10.1. The van der Waals surface area contributed by atoms with Crippen LogP contribution in [0.2, 0.25) is 0 Å². The predicted octanol–water partition coefficient (Wildman–Crippen LogP) is 18.7. The molecule has 1 unspecified atom stereocenters. The summed E-state index contributed by atoms with van der Waals surface area (Å²) in [4.78, 5) is 25.4. The Balaban J connectivity index is 4.52. The summed E-state index contributed by atoms with van der Waals surface area (Å²) in [6.07, 6.45) is 84.2. The van der Waals surface area contributed by atoms with Crippen LogP contribution in [0.1, 0.15) is 201 Å². The molecule has 68 heavy (non-hydrogen) atoms. The second-order valence-corrected chi connectivity index (χ2v) is 17.0. The van der Waals surface area contributed by atoms with E-state index in [1.54, 1.807) is 0 Å². The zero-order valence-corrected chi connectivity index (χ0v) is 43.6. The number of hydrogen-bond acceptors (Lipinski definition) is 5. The van der Waals surface area contributed by atoms with E-state index in [2.05, 4.69) is 173 Å². The normalized spacial score (nSPS) is 13.5. The van der Waals surface area contributed by atoms with Crippen LogP contribution in [0.25, 0.3) is 0 Å². The lowest BCUT2D eigenvalue weighted by molar-refractivity contribution is -0.162. The Bertz CT molecular complexity index is 1520. The van der Waals surface area contributed by atoms with Crippen molar-refractivity contribution in [2.75, 3.05) is 19.8 Å². The van der Waals surface area contributed by atoms with Gasteiger partial charge in [0.25, 0.3) is 0 Å². The first-order valence-corrected chi connectivity index (χ1v) is 27.0. The van der Waals surface area contributed by atoms with Crippen LogP contribution in [0.5, 0.6) is 0 Å². The van der Waals surface area contributed by atoms with Crippen LogP contribution >= 0.6 is 0 Å². The Labute approximate surface area is 418 Å². The molecule has 0 aliphatic carbocycles. The van der Waals surface area contributed by atoms with E-state index in [0.717, 1.165) is 116 Å². The largest absolute Gasteiger partial charge is 0.462 e. The quantitative estimate of drug-likeness (QED) is 0.0346. The van der Waals surface area contributed by atoms with E-state index in [4.69, 9.17) is 14.2 Å². The molecule has 0 radical (unpaired) electrons. The summed E-state index contributed by atoms with van der Waals surface area (Å²) in [5.74, 6) is -0.552. The smallest absolute Gasteiger partial charge is 0.306 e. The fourth-order valence-corrected chi connectivity index (χ4v) is 6.60. The van der Waals surface area contributed by atoms with Crippen molar-refractivity contribution in [3.63, 3.8) is 0 Å². The number of carbonyl (C=O) groups excluding carboxylic acids is 2. The molecule has 5 heteroatoms. The zero-order chi connectivity index (χ0) is 49.2. The van der Waals surface area contributed by atoms with Crippen LogP contribution in [-0.2, 0) is 23.8 Å². The van der Waals surface area contributed by atoms with Crippen molar-refractivity contribution in [3.05, 3.63) is 158 Å². The molecule has 0 N–H and O–H groups in total. The molecule has 0 saturated heterocycles. The lowest BCUT2D eigenvalue weighted by Crippen LogP contribution is -2.30. The van der Waals surface area contributed by atoms with E-state index in [9.17, 15) is 9.59 Å². The monoisotopic (exact) mass is 935 g/mol. The number of allylic oxidation sites excluding steroid dienone is 26. The van der Waals surface area contributed by atoms with E-state index in [-0.39, 0.29) is 31.6 Å². The molecule has 0 bridgehead atoms. The van der Waals surface area contributed by atoms with Gasteiger partial charge in [0, 0.05) is 19.4 Å². The second kappa shape index (κ2) is 56.8. The van der Waals surface area contributed by atoms with Gasteiger partial charge in [-0.2, -0.15) is 0 Å². The Hall–Kier alpha value is -4.48. The van der Waals surface area contributed by atoms with Gasteiger partial charge in [-0.15, -0.1) is 0 Å². The molecule has 0 heterocycles. The Morgan fingerprint density at radius 1 is 0.338 bits per heavy atom. The third kappa shape index (κ3) is 54.1. The van der Waals surface area contributed by atoms with Gasteiger partial charge >= 0.3 is 11.9 Å². The molecule has 0 rings (SSSR count). The van der Waals surface area contributed by atoms with Crippen molar-refractivity contribution < 1.29 is 23.8 Å². The molecule has 0 aromatic heterocycles. The van der Waals surface area contributed by atoms with Gasteiger partial charge in [0.1, 0.15) is 6.61 Å². The van der Waals surface area contributed by atoms with Gasteiger partial charge in [0.15, 0.2) is 6.10 Å². The first-order chi connectivity index (χ1) is 33.6. The predicted molar refractivity (Wildman–Crippen MR) is 297 cm³/mol. The fraction of sp³-hybridized carbons (Fsp3) is 0.556. The molecule has 0 aromatic rings. The van der Waals surface area contributed by atoms with E-state index in [1.165, 1.54) is 44.9 Å². The molecule has 0 saturated carbocycles. The molecule has 5 nitrogen and oxygen atoms in total. The number of unbranched alkanes of at least 4 members (excludes halogenated alkanes) is 10. The van der Waals surface area contributed by atoms with Crippen LogP contribution in [0.4, 0.5) is 0 Å². The Kier molecular flexibility index (Phi) is 53.1. The van der Waals surface area contributed by atoms with Gasteiger partial charge in [-0.3, -0.25) is 9.59 Å². The van der Waals surface area contributed by atoms with Crippen LogP contribution in [0.15, 0.2) is 158 Å². The molecule has 0 fully saturated rings. The second-order valence-electron chi connectivity index (χ2n) is 17.0. The molecular weight excluding hydrogens is 837 g/mol. The Morgan fingerprint density at radius 2 is 0.691 bits per heavy atom. The van der Waals surface area contributed by atoms with Gasteiger partial charge in [-0.1, -0.05) is 217 Å². The minimum Gasteiger partial charge on any atom is -0.462 e. The average Bonchev–Trinajstić information content (AvgIpc) is 3.34. The maximum atomic E-state index is 12.8. The summed E-state index contributed by atoms with van der Waals surface area (Å²) in [5, 5.41) is 0. The maximum absolute atomic E-state index is 12.8. The van der Waals surface area contributed by atoms with Crippen molar-refractivity contribution in [2.45, 2.75) is 207 Å². The van der Waals surface area contributed by atoms with Gasteiger partial charge < -0.3 is 14.2 Å². The summed E-state index contributed by atoms with van der Waals surface area (Å²) in [7, 11) is 0. The van der Waals surface area contributed by atoms with Crippen LogP contribution in [0, 0.1) is 0 Å². The zero-order valence-electron chi connectivity index (χ0n) is 43.6. The summed E-state index contributed by atoms with van der Waals surface area (Å²) >= 11 is 0. The molecule has 1 atom stereocenters. The van der Waals surface area contributed by atoms with E-state index in [0.29, 0.717) is 19.4 Å². The molecule has 380 valence electrons. The minimum atomic E-state index is -0.615. The van der Waals surface area contributed by atoms with Crippen LogP contribution < -0.4 is 0 Å². The van der Waals surface area contributed by atoms with Crippen molar-refractivity contribution in [1.82, 2.24) is 0 Å². The van der Waals surface area contributed by atoms with Gasteiger partial charge in [0.2, 0.25) is 0 Å². The van der Waals surface area contributed by atoms with Crippen LogP contribution in [-0.4, -0.2) is 37.9 Å². The standard InChI is InChI=1S/C63H98O5/c1-4-7-10-13-16-19-22-25-28-30-32-34-36-38-41-44-47-50-53-56-62(64)67-60-61(59-66-58-55-52-49-46-43-40-27-24-21-18-15-12-9-6-3)68-63(65)57-54-51-48-45-42-39-37-35-33-31-29-26-23-20-17-14-11-8-5-2/h7,9-10,12,16-21,25-29,32-35,38,40-41,46-47,49-50,61H,4-6,8,11,13-15,22-24,30-31,36-37,39,42-45,48,51-60H2,1-3H3/b10-7-,12-9-,19-16-,20-17-,21-18-,28-25-,29-26-,34-32-,35-33-,40-27-,41-38-,49-46-,50-47-. The number of rotatable bonds is 47. The highest BCUT2D eigenvalue weighted by molar-refractivity contribution is 5.70. The molecule has 0 amide bonds. The van der Waals surface area contributed by atoms with E-state index >= 15 is 0 Å². The summed E-state index contributed by atoms with van der Waals surface area (Å²) < 4.78 is 17.3. The number of hydrogen-bond donors (Lipinski definition) is 0. The first kappa shape index (κ1) is 63.5. The maximum Gasteiger partial charge on any atom is 0.306 e. The van der Waals surface area contributed by atoms with Gasteiger partial charge in [0.05, 0.1) is 6.61 Å². The highest BCUT2D eigenvalue weighted by Crippen LogP contribution is 2.11. The summed E-state index contributed by atoms with van der Waals surface area (Å²) in [6, 6.07) is 0. The summed E-state index contributed by atoms with van der Waals surface area (Å²) in [5.41, 5.74) is 0. The first-order valence-electron chi connectivity index (χ1n) is 27.0. The highest BCUT2D eigenvalue weighted by Gasteiger charge is 2.17. The van der Waals surface area contributed by atoms with Crippen molar-refractivity contribution in [1.29, 1.82) is 0 Å². The molecule has 0 aliphatic heterocycles. The minimum absolute atomic E-state index is 0.00641. The summed E-state index contributed by atoms with van der Waals surface area (Å²) in [6.45, 7) is 7.31. The van der Waals surface area contributed by atoms with Crippen molar-refractivity contribution >= 4 is 11.9 Å². The molecule has 0 aliphatic rings. The average molecular weight is 935 g/mol. The third-order valence-electron chi connectivity index (χ3n) is 10.5. The molecular formula is C63H98O5. The number of esters is 2. The van der Waals surface area contributed by atoms with E-state index in [1.807, 2.05) is 6.08 Å². The topological polar surface area (TPSA) is 61.8 Å². The van der Waals surface area contributed by atoms with E-state index < -0.39 is 6.10 Å². The fourth-order valence-electron chi connectivity index (χ4n) is 6.60. The van der Waals surface area contributed by atoms with Crippen molar-refractivity contribution in [2.24, 2.45) is 0 Å². The lowest BCUT2D eigenvalue weighted by Gasteiger charge is -2.18. The van der Waals surface area contributed by atoms with Gasteiger partial charge in [-0.25, -0.2) is 0 Å². The number of carbonyl (C=O) groups is 2. The third-order valence-corrected chi connectivity index (χ3v) is 10.5. The van der Waals surface area contributed by atoms with Gasteiger partial charge in [-0.05, 0) is 128 Å². The SMILES string of the molecule is CC/C=C\C/C=C\C/C=C\C/C=C\C/C=C\C/C=C\CCC(=O)OCC(COCCC/C=C\C/C=C\C/C=C\C/C=C\CC)OC(=O)CCCCCCCC/C=C\C/C=C\C/C=C\CCCCC. The van der Waals surface area contributed by atoms with Crippen LogP contribution in [0.3, 0.4) is 0 Å².